The van der Waals surface area contributed by atoms with Crippen molar-refractivity contribution in [2.45, 2.75) is 20.8 Å². The highest BCUT2D eigenvalue weighted by Crippen LogP contribution is 2.56. The van der Waals surface area contributed by atoms with E-state index in [2.05, 4.69) is 93.6 Å². The minimum Gasteiger partial charge on any atom is -1.00 e. The fraction of sp³-hybridized carbons (Fsp3) is 0.226. The second kappa shape index (κ2) is 13.2. The van der Waals surface area contributed by atoms with Crippen LogP contribution in [0.4, 0.5) is 0 Å². The Hall–Kier alpha value is -2.51. The van der Waals surface area contributed by atoms with Crippen LogP contribution in [0.1, 0.15) is 16.7 Å². The molecule has 4 aromatic rings. The molecule has 0 aromatic heterocycles. The van der Waals surface area contributed by atoms with E-state index in [4.69, 9.17) is 18.0 Å². The number of hydrogen-bond donors (Lipinski definition) is 1. The molecule has 0 heterocycles. The molecule has 0 aliphatic rings. The zero-order valence-electron chi connectivity index (χ0n) is 23.3. The molecule has 0 amide bonds. The van der Waals surface area contributed by atoms with Crippen molar-refractivity contribution in [2.24, 2.45) is 0 Å². The Labute approximate surface area is 244 Å². The first kappa shape index (κ1) is 31.0. The van der Waals surface area contributed by atoms with Crippen molar-refractivity contribution < 1.29 is 40.1 Å². The van der Waals surface area contributed by atoms with Gasteiger partial charge in [-0.05, 0) is 69.3 Å². The zero-order chi connectivity index (χ0) is 27.3. The van der Waals surface area contributed by atoms with Crippen LogP contribution >= 0.6 is 7.26 Å². The highest BCUT2D eigenvalue weighted by molar-refractivity contribution is 8.01. The van der Waals surface area contributed by atoms with Gasteiger partial charge in [-0.1, -0.05) is 53.1 Å². The Bertz CT molecular complexity index is 1240. The molecule has 4 aromatic carbocycles. The Morgan fingerprint density at radius 3 is 1.36 bits per heavy atom. The molecule has 0 spiro atoms. The number of hydrogen-bond acceptors (Lipinski definition) is 5. The zero-order valence-corrected chi connectivity index (χ0v) is 26.8. The summed E-state index contributed by atoms with van der Waals surface area (Å²) in [7, 11) is -0.842. The second-order valence-electron chi connectivity index (χ2n) is 9.41. The highest BCUT2D eigenvalue weighted by atomic mass is 79.9. The summed E-state index contributed by atoms with van der Waals surface area (Å²) in [6, 6.07) is 31.4. The summed E-state index contributed by atoms with van der Waals surface area (Å²) in [5.74, 6) is 0.831. The average Bonchev–Trinajstić information content (AvgIpc) is 2.94. The quantitative estimate of drug-likeness (QED) is 0.215. The van der Waals surface area contributed by atoms with Gasteiger partial charge in [-0.2, -0.15) is 0 Å². The largest absolute Gasteiger partial charge is 1.00 e. The van der Waals surface area contributed by atoms with Crippen LogP contribution in [0.15, 0.2) is 91.0 Å². The van der Waals surface area contributed by atoms with E-state index in [9.17, 15) is 5.11 Å². The molecule has 0 saturated heterocycles. The van der Waals surface area contributed by atoms with E-state index >= 15 is 0 Å². The van der Waals surface area contributed by atoms with Crippen molar-refractivity contribution in [3.63, 3.8) is 0 Å². The molecular weight excluding hydrogens is 591 g/mol. The van der Waals surface area contributed by atoms with Gasteiger partial charge in [-0.15, -0.1) is 0 Å². The van der Waals surface area contributed by atoms with E-state index in [1.165, 1.54) is 32.6 Å². The third kappa shape index (κ3) is 6.30. The lowest BCUT2D eigenvalue weighted by molar-refractivity contribution is -0.0000132. The molecule has 39 heavy (non-hydrogen) atoms. The van der Waals surface area contributed by atoms with Crippen LogP contribution in [0.3, 0.4) is 0 Å². The second-order valence-corrected chi connectivity index (χ2v) is 15.7. The normalized spacial score (nSPS) is 11.6. The summed E-state index contributed by atoms with van der Waals surface area (Å²) in [5.41, 5.74) is 3.55. The minimum absolute atomic E-state index is 0. The van der Waals surface area contributed by atoms with Crippen molar-refractivity contribution in [2.75, 3.05) is 27.6 Å². The van der Waals surface area contributed by atoms with Gasteiger partial charge >= 0.3 is 8.80 Å². The number of aryl methyl sites for hydroxylation is 3. The molecule has 5 nitrogen and oxygen atoms in total. The van der Waals surface area contributed by atoms with Gasteiger partial charge in [0.25, 0.3) is 0 Å². The van der Waals surface area contributed by atoms with Crippen LogP contribution in [0.5, 0.6) is 11.5 Å². The number of phenols is 1. The molecule has 0 unspecified atom stereocenters. The number of rotatable bonds is 10. The molecule has 1 N–H and O–H groups in total. The monoisotopic (exact) mass is 626 g/mol. The third-order valence-corrected chi connectivity index (χ3v) is 13.6. The maximum absolute atomic E-state index is 10.8. The van der Waals surface area contributed by atoms with Crippen LogP contribution in [0.25, 0.3) is 0 Å². The summed E-state index contributed by atoms with van der Waals surface area (Å²) >= 11 is 0. The van der Waals surface area contributed by atoms with E-state index in [0.717, 1.165) is 5.30 Å². The predicted octanol–water partition coefficient (Wildman–Crippen LogP) is 1.74. The number of halogens is 1. The number of phenolic OH excluding ortho intramolecular Hbond substituents is 1. The highest BCUT2D eigenvalue weighted by Gasteiger charge is 2.51. The Kier molecular flexibility index (Phi) is 10.5. The predicted molar refractivity (Wildman–Crippen MR) is 159 cm³/mol. The Morgan fingerprint density at radius 2 is 1.00 bits per heavy atom. The van der Waals surface area contributed by atoms with Gasteiger partial charge in [0.2, 0.25) is 0 Å². The molecule has 8 heteroatoms. The summed E-state index contributed by atoms with van der Waals surface area (Å²) in [6.45, 7) is 6.28. The summed E-state index contributed by atoms with van der Waals surface area (Å²) in [6.07, 6.45) is 0.129. The fourth-order valence-electron chi connectivity index (χ4n) is 4.65. The molecule has 4 rings (SSSR count). The molecule has 0 aliphatic carbocycles. The first-order valence-electron chi connectivity index (χ1n) is 12.5. The Morgan fingerprint density at radius 1 is 0.615 bits per heavy atom. The lowest BCUT2D eigenvalue weighted by atomic mass is 10.2. The minimum atomic E-state index is -3.03. The van der Waals surface area contributed by atoms with Crippen LogP contribution < -0.4 is 42.9 Å². The van der Waals surface area contributed by atoms with E-state index in [-0.39, 0.29) is 29.0 Å². The van der Waals surface area contributed by atoms with Crippen molar-refractivity contribution >= 4 is 37.3 Å². The molecule has 0 atom stereocenters. The van der Waals surface area contributed by atoms with Gasteiger partial charge in [0.15, 0.2) is 17.3 Å². The molecule has 0 bridgehead atoms. The lowest BCUT2D eigenvalue weighted by Gasteiger charge is -2.30. The van der Waals surface area contributed by atoms with Gasteiger partial charge < -0.3 is 40.1 Å². The van der Waals surface area contributed by atoms with Crippen LogP contribution in [0.2, 0.25) is 0 Å². The topological polar surface area (TPSA) is 57.2 Å². The van der Waals surface area contributed by atoms with Crippen LogP contribution in [-0.4, -0.2) is 41.5 Å². The number of ether oxygens (including phenoxy) is 1. The summed E-state index contributed by atoms with van der Waals surface area (Å²) in [4.78, 5) is 0. The van der Waals surface area contributed by atoms with E-state index in [1.54, 1.807) is 27.4 Å². The molecular formula is C31H36BrO5PSi. The fourth-order valence-corrected chi connectivity index (χ4v) is 10.2. The number of benzene rings is 4. The van der Waals surface area contributed by atoms with Crippen LogP contribution in [-0.2, 0) is 13.3 Å². The van der Waals surface area contributed by atoms with Gasteiger partial charge in [0.05, 0.1) is 0 Å². The first-order chi connectivity index (χ1) is 18.3. The number of aromatic hydroxyl groups is 1. The van der Waals surface area contributed by atoms with Crippen molar-refractivity contribution in [3.05, 3.63) is 108 Å². The summed E-state index contributed by atoms with van der Waals surface area (Å²) < 4.78 is 23.4. The smallest absolute Gasteiger partial charge is 0.539 e. The van der Waals surface area contributed by atoms with Gasteiger partial charge in [0.1, 0.15) is 28.9 Å². The lowest BCUT2D eigenvalue weighted by Crippen LogP contribution is -3.00. The van der Waals surface area contributed by atoms with Crippen molar-refractivity contribution in [1.82, 2.24) is 0 Å². The van der Waals surface area contributed by atoms with Crippen molar-refractivity contribution in [3.8, 4) is 11.5 Å². The molecule has 0 fully saturated rings. The van der Waals surface area contributed by atoms with E-state index < -0.39 is 16.1 Å². The van der Waals surface area contributed by atoms with Crippen molar-refractivity contribution in [1.29, 1.82) is 0 Å². The molecule has 0 radical (unpaired) electrons. The summed E-state index contributed by atoms with van der Waals surface area (Å²) in [5, 5.41) is 15.3. The average molecular weight is 628 g/mol. The van der Waals surface area contributed by atoms with Gasteiger partial charge in [0, 0.05) is 27.4 Å². The van der Waals surface area contributed by atoms with E-state index in [1.807, 2.05) is 12.1 Å². The maximum atomic E-state index is 10.8. The third-order valence-electron chi connectivity index (χ3n) is 6.91. The van der Waals surface area contributed by atoms with Gasteiger partial charge in [-0.3, -0.25) is 0 Å². The maximum Gasteiger partial charge on any atom is 0.539 e. The van der Waals surface area contributed by atoms with E-state index in [0.29, 0.717) is 5.75 Å². The molecule has 0 aliphatic heterocycles. The first-order valence-corrected chi connectivity index (χ1v) is 16.2. The molecule has 206 valence electrons. The SMILES string of the molecule is CO[Si](COc1ccc(O)cc1[P+](c1ccc(C)cc1)(c1ccc(C)cc1)c1ccc(C)cc1)(OC)OC.[Br-]. The Balaban J connectivity index is 0.00000420. The van der Waals surface area contributed by atoms with Gasteiger partial charge in [-0.25, -0.2) is 0 Å². The van der Waals surface area contributed by atoms with Crippen LogP contribution in [0, 0.1) is 20.8 Å². The standard InChI is InChI=1S/C31H35O5PSi.BrH/c1-23-7-14-27(15-8-23)37(28-16-9-24(2)10-17-28,29-18-11-25(3)12-19-29)31-21-26(32)13-20-30(31)36-22-38(33-4,34-5)35-6;/h7-21H,22H2,1-6H3;1H. The molecule has 0 saturated carbocycles.